The van der Waals surface area contributed by atoms with Crippen LogP contribution in [0.2, 0.25) is 0 Å². The van der Waals surface area contributed by atoms with Crippen molar-refractivity contribution in [2.75, 3.05) is 38.1 Å². The third-order valence-corrected chi connectivity index (χ3v) is 3.83. The molecule has 0 bridgehead atoms. The Hall–Kier alpha value is -2.27. The van der Waals surface area contributed by atoms with E-state index in [-0.39, 0.29) is 5.76 Å². The lowest BCUT2D eigenvalue weighted by Gasteiger charge is -2.34. The van der Waals surface area contributed by atoms with Gasteiger partial charge in [-0.3, -0.25) is 0 Å². The molecule has 1 aliphatic heterocycles. The second kappa shape index (κ2) is 5.61. The molecule has 1 N–H and O–H groups in total. The van der Waals surface area contributed by atoms with Gasteiger partial charge in [0.25, 0.3) is 0 Å². The van der Waals surface area contributed by atoms with Crippen LogP contribution in [0.5, 0.6) is 0 Å². The molecule has 1 fully saturated rings. The number of para-hydroxylation sites is 1. The van der Waals surface area contributed by atoms with E-state index in [1.807, 2.05) is 18.2 Å². The molecule has 2 aromatic rings. The predicted molar refractivity (Wildman–Crippen MR) is 80.8 cm³/mol. The first-order chi connectivity index (χ1) is 10.1. The van der Waals surface area contributed by atoms with Crippen molar-refractivity contribution in [1.29, 1.82) is 0 Å². The number of carboxylic acids is 1. The van der Waals surface area contributed by atoms with E-state index in [1.54, 1.807) is 6.07 Å². The van der Waals surface area contributed by atoms with Gasteiger partial charge >= 0.3 is 5.97 Å². The van der Waals surface area contributed by atoms with E-state index in [0.717, 1.165) is 37.4 Å². The highest BCUT2D eigenvalue weighted by molar-refractivity contribution is 5.86. The Morgan fingerprint density at radius 3 is 2.48 bits per heavy atom. The number of anilines is 1. The molecule has 0 amide bonds. The van der Waals surface area contributed by atoms with Crippen LogP contribution in [-0.2, 0) is 0 Å². The number of carbonyl (C=O) groups is 1. The molecule has 0 radical (unpaired) electrons. The predicted octanol–water partition coefficient (Wildman–Crippen LogP) is 2.40. The van der Waals surface area contributed by atoms with Crippen molar-refractivity contribution in [3.8, 4) is 11.3 Å². The zero-order valence-electron chi connectivity index (χ0n) is 12.0. The summed E-state index contributed by atoms with van der Waals surface area (Å²) in [6.45, 7) is 3.96. The monoisotopic (exact) mass is 286 g/mol. The fraction of sp³-hybridized carbons (Fsp3) is 0.312. The van der Waals surface area contributed by atoms with Crippen LogP contribution in [0.3, 0.4) is 0 Å². The highest BCUT2D eigenvalue weighted by Crippen LogP contribution is 2.32. The second-order valence-corrected chi connectivity index (χ2v) is 5.28. The average molecular weight is 286 g/mol. The van der Waals surface area contributed by atoms with Gasteiger partial charge in [-0.05, 0) is 31.3 Å². The number of benzene rings is 1. The average Bonchev–Trinajstić information content (AvgIpc) is 2.98. The minimum absolute atomic E-state index is 0.0295. The Kier molecular flexibility index (Phi) is 3.66. The van der Waals surface area contributed by atoms with E-state index < -0.39 is 5.97 Å². The highest BCUT2D eigenvalue weighted by atomic mass is 16.4. The van der Waals surface area contributed by atoms with E-state index in [1.165, 1.54) is 6.07 Å². The molecule has 0 unspecified atom stereocenters. The van der Waals surface area contributed by atoms with Crippen molar-refractivity contribution in [1.82, 2.24) is 4.90 Å². The van der Waals surface area contributed by atoms with Gasteiger partial charge in [0.2, 0.25) is 5.76 Å². The molecule has 110 valence electrons. The normalized spacial score (nSPS) is 16.1. The minimum atomic E-state index is -1.04. The number of likely N-dealkylation sites (N-methyl/N-ethyl adjacent to an activating group) is 1. The molecule has 3 rings (SSSR count). The molecule has 1 aliphatic rings. The standard InChI is InChI=1S/C16H18N2O3/c1-17-8-10-18(11-9-17)13-5-3-2-4-12(13)14-6-7-15(21-14)16(19)20/h2-7H,8-11H2,1H3,(H,19,20). The molecule has 1 aromatic heterocycles. The Morgan fingerprint density at radius 1 is 1.10 bits per heavy atom. The summed E-state index contributed by atoms with van der Waals surface area (Å²) in [6.07, 6.45) is 0. The van der Waals surface area contributed by atoms with Crippen molar-refractivity contribution in [3.63, 3.8) is 0 Å². The second-order valence-electron chi connectivity index (χ2n) is 5.28. The number of aromatic carboxylic acids is 1. The summed E-state index contributed by atoms with van der Waals surface area (Å²) in [7, 11) is 2.12. The first-order valence-electron chi connectivity index (χ1n) is 7.01. The van der Waals surface area contributed by atoms with Crippen molar-refractivity contribution in [2.45, 2.75) is 0 Å². The topological polar surface area (TPSA) is 56.9 Å². The molecule has 1 saturated heterocycles. The van der Waals surface area contributed by atoms with Crippen molar-refractivity contribution in [3.05, 3.63) is 42.2 Å². The van der Waals surface area contributed by atoms with Crippen LogP contribution >= 0.6 is 0 Å². The molecule has 21 heavy (non-hydrogen) atoms. The third kappa shape index (κ3) is 2.78. The molecule has 0 aliphatic carbocycles. The Labute approximate surface area is 123 Å². The Morgan fingerprint density at radius 2 is 1.81 bits per heavy atom. The number of piperazine rings is 1. The highest BCUT2D eigenvalue weighted by Gasteiger charge is 2.19. The van der Waals surface area contributed by atoms with Crippen LogP contribution in [-0.4, -0.2) is 49.2 Å². The van der Waals surface area contributed by atoms with Gasteiger partial charge in [0.1, 0.15) is 5.76 Å². The van der Waals surface area contributed by atoms with Crippen LogP contribution in [0.4, 0.5) is 5.69 Å². The van der Waals surface area contributed by atoms with Crippen LogP contribution < -0.4 is 4.90 Å². The molecule has 5 heteroatoms. The molecule has 5 nitrogen and oxygen atoms in total. The fourth-order valence-corrected chi connectivity index (χ4v) is 2.60. The van der Waals surface area contributed by atoms with E-state index in [2.05, 4.69) is 22.9 Å². The summed E-state index contributed by atoms with van der Waals surface area (Å²) in [4.78, 5) is 15.6. The number of hydrogen-bond donors (Lipinski definition) is 1. The Balaban J connectivity index is 1.93. The molecular weight excluding hydrogens is 268 g/mol. The van der Waals surface area contributed by atoms with Gasteiger partial charge in [-0.15, -0.1) is 0 Å². The van der Waals surface area contributed by atoms with Gasteiger partial charge in [0, 0.05) is 37.4 Å². The van der Waals surface area contributed by atoms with Gasteiger partial charge in [-0.2, -0.15) is 0 Å². The summed E-state index contributed by atoms with van der Waals surface area (Å²) >= 11 is 0. The molecule has 1 aromatic carbocycles. The van der Waals surface area contributed by atoms with Gasteiger partial charge in [0.15, 0.2) is 0 Å². The molecule has 0 atom stereocenters. The summed E-state index contributed by atoms with van der Waals surface area (Å²) in [6, 6.07) is 11.2. The van der Waals surface area contributed by atoms with Gasteiger partial charge in [0.05, 0.1) is 0 Å². The molecule has 0 spiro atoms. The number of carboxylic acid groups (broad SMARTS) is 1. The van der Waals surface area contributed by atoms with Crippen molar-refractivity contribution >= 4 is 11.7 Å². The van der Waals surface area contributed by atoms with E-state index in [9.17, 15) is 4.79 Å². The summed E-state index contributed by atoms with van der Waals surface area (Å²) in [5.74, 6) is -0.474. The van der Waals surface area contributed by atoms with Gasteiger partial charge < -0.3 is 19.3 Å². The van der Waals surface area contributed by atoms with E-state index in [0.29, 0.717) is 5.76 Å². The lowest BCUT2D eigenvalue weighted by atomic mass is 10.1. The first-order valence-corrected chi connectivity index (χ1v) is 7.01. The maximum absolute atomic E-state index is 11.0. The maximum atomic E-state index is 11.0. The van der Waals surface area contributed by atoms with Crippen LogP contribution in [0.15, 0.2) is 40.8 Å². The number of hydrogen-bond acceptors (Lipinski definition) is 4. The van der Waals surface area contributed by atoms with Crippen LogP contribution in [0.1, 0.15) is 10.6 Å². The molecule has 0 saturated carbocycles. The summed E-state index contributed by atoms with van der Waals surface area (Å²) in [5.41, 5.74) is 2.03. The first kappa shape index (κ1) is 13.7. The molecule has 2 heterocycles. The number of rotatable bonds is 3. The molecular formula is C16H18N2O3. The zero-order chi connectivity index (χ0) is 14.8. The Bertz CT molecular complexity index is 642. The van der Waals surface area contributed by atoms with Crippen LogP contribution in [0.25, 0.3) is 11.3 Å². The van der Waals surface area contributed by atoms with E-state index in [4.69, 9.17) is 9.52 Å². The van der Waals surface area contributed by atoms with Gasteiger partial charge in [-0.25, -0.2) is 4.79 Å². The zero-order valence-corrected chi connectivity index (χ0v) is 12.0. The largest absolute Gasteiger partial charge is 0.475 e. The maximum Gasteiger partial charge on any atom is 0.371 e. The van der Waals surface area contributed by atoms with E-state index >= 15 is 0 Å². The fourth-order valence-electron chi connectivity index (χ4n) is 2.60. The lowest BCUT2D eigenvalue weighted by molar-refractivity contribution is 0.0663. The lowest BCUT2D eigenvalue weighted by Crippen LogP contribution is -2.44. The smallest absolute Gasteiger partial charge is 0.371 e. The minimum Gasteiger partial charge on any atom is -0.475 e. The number of furan rings is 1. The van der Waals surface area contributed by atoms with Crippen LogP contribution in [0, 0.1) is 0 Å². The summed E-state index contributed by atoms with van der Waals surface area (Å²) in [5, 5.41) is 8.98. The van der Waals surface area contributed by atoms with Gasteiger partial charge in [-0.1, -0.05) is 12.1 Å². The quantitative estimate of drug-likeness (QED) is 0.939. The summed E-state index contributed by atoms with van der Waals surface area (Å²) < 4.78 is 5.45. The number of nitrogens with zero attached hydrogens (tertiary/aromatic N) is 2. The third-order valence-electron chi connectivity index (χ3n) is 3.83. The SMILES string of the molecule is CN1CCN(c2ccccc2-c2ccc(C(=O)O)o2)CC1. The van der Waals surface area contributed by atoms with Crippen molar-refractivity contribution in [2.24, 2.45) is 0 Å². The van der Waals surface area contributed by atoms with Crippen molar-refractivity contribution < 1.29 is 14.3 Å².